The van der Waals surface area contributed by atoms with Crippen molar-refractivity contribution >= 4 is 38.3 Å². The van der Waals surface area contributed by atoms with Crippen LogP contribution >= 0.6 is 11.3 Å². The van der Waals surface area contributed by atoms with Gasteiger partial charge in [-0.15, -0.1) is 0 Å². The quantitative estimate of drug-likeness (QED) is 0.316. The van der Waals surface area contributed by atoms with Crippen molar-refractivity contribution in [1.82, 2.24) is 9.97 Å². The third-order valence-electron chi connectivity index (χ3n) is 4.68. The van der Waals surface area contributed by atoms with Gasteiger partial charge in [-0.3, -0.25) is 24.8 Å². The van der Waals surface area contributed by atoms with E-state index in [1.165, 1.54) is 23.5 Å². The third-order valence-corrected chi connectivity index (χ3v) is 5.72. The topological polar surface area (TPSA) is 98.5 Å². The maximum Gasteiger partial charge on any atom is 0.269 e. The van der Waals surface area contributed by atoms with Gasteiger partial charge in [0.15, 0.2) is 5.13 Å². The molecular formula is C22H18N4O4S. The first-order valence-electron chi connectivity index (χ1n) is 9.40. The lowest BCUT2D eigenvalue weighted by molar-refractivity contribution is -0.384. The van der Waals surface area contributed by atoms with Crippen molar-refractivity contribution < 1.29 is 14.5 Å². The minimum absolute atomic E-state index is 0.0106. The van der Waals surface area contributed by atoms with Crippen LogP contribution in [0.2, 0.25) is 0 Å². The number of non-ortho nitro benzene ring substituents is 1. The van der Waals surface area contributed by atoms with Crippen molar-refractivity contribution in [2.45, 2.75) is 13.0 Å². The van der Waals surface area contributed by atoms with Gasteiger partial charge in [0.25, 0.3) is 5.69 Å². The first-order chi connectivity index (χ1) is 15.0. The number of rotatable bonds is 7. The second kappa shape index (κ2) is 8.88. The summed E-state index contributed by atoms with van der Waals surface area (Å²) in [7, 11) is 1.60. The lowest BCUT2D eigenvalue weighted by Crippen LogP contribution is -2.31. The molecule has 0 aliphatic carbocycles. The molecule has 0 spiro atoms. The Hall–Kier alpha value is -3.85. The molecule has 0 atom stereocenters. The molecule has 0 saturated carbocycles. The van der Waals surface area contributed by atoms with Gasteiger partial charge in [-0.1, -0.05) is 29.5 Å². The summed E-state index contributed by atoms with van der Waals surface area (Å²) in [5, 5.41) is 11.4. The molecule has 0 aliphatic rings. The van der Waals surface area contributed by atoms with Gasteiger partial charge in [-0.2, -0.15) is 0 Å². The molecular weight excluding hydrogens is 416 g/mol. The zero-order valence-corrected chi connectivity index (χ0v) is 17.4. The molecule has 2 aromatic carbocycles. The predicted molar refractivity (Wildman–Crippen MR) is 118 cm³/mol. The molecule has 0 aliphatic heterocycles. The summed E-state index contributed by atoms with van der Waals surface area (Å²) in [6.07, 6.45) is 3.48. The number of hydrogen-bond donors (Lipinski definition) is 0. The first kappa shape index (κ1) is 20.4. The zero-order chi connectivity index (χ0) is 21.8. The zero-order valence-electron chi connectivity index (χ0n) is 16.6. The number of benzene rings is 2. The number of ether oxygens (including phenoxy) is 1. The fourth-order valence-corrected chi connectivity index (χ4v) is 4.09. The number of amides is 1. The molecule has 4 rings (SSSR count). The van der Waals surface area contributed by atoms with Crippen LogP contribution in [0.25, 0.3) is 10.2 Å². The number of pyridine rings is 1. The van der Waals surface area contributed by atoms with Gasteiger partial charge < -0.3 is 4.74 Å². The summed E-state index contributed by atoms with van der Waals surface area (Å²) in [6.45, 7) is 0.316. The SMILES string of the molecule is COc1ccc2nc(N(Cc3cccnc3)C(=O)Cc3ccc([N+](=O)[O-])cc3)sc2c1. The molecule has 2 aromatic heterocycles. The average molecular weight is 434 g/mol. The van der Waals surface area contributed by atoms with Crippen molar-refractivity contribution in [2.24, 2.45) is 0 Å². The Morgan fingerprint density at radius 1 is 1.16 bits per heavy atom. The summed E-state index contributed by atoms with van der Waals surface area (Å²) in [4.78, 5) is 34.1. The van der Waals surface area contributed by atoms with Gasteiger partial charge in [0.05, 0.1) is 35.2 Å². The van der Waals surface area contributed by atoms with Crippen LogP contribution < -0.4 is 9.64 Å². The predicted octanol–water partition coefficient (Wildman–Crippen LogP) is 4.38. The van der Waals surface area contributed by atoms with Gasteiger partial charge in [0.1, 0.15) is 5.75 Å². The Labute approximate surface area is 181 Å². The molecule has 0 bridgehead atoms. The highest BCUT2D eigenvalue weighted by atomic mass is 32.1. The second-order valence-electron chi connectivity index (χ2n) is 6.77. The molecule has 2 heterocycles. The van der Waals surface area contributed by atoms with Crippen molar-refractivity contribution in [3.05, 3.63) is 88.2 Å². The number of fused-ring (bicyclic) bond motifs is 1. The third kappa shape index (κ3) is 4.67. The Morgan fingerprint density at radius 2 is 1.97 bits per heavy atom. The molecule has 1 amide bonds. The number of nitro groups is 1. The first-order valence-corrected chi connectivity index (χ1v) is 10.2. The largest absolute Gasteiger partial charge is 0.497 e. The van der Waals surface area contributed by atoms with E-state index < -0.39 is 4.92 Å². The summed E-state index contributed by atoms with van der Waals surface area (Å²) in [5.74, 6) is 0.558. The molecule has 0 saturated heterocycles. The summed E-state index contributed by atoms with van der Waals surface area (Å²) in [6, 6.07) is 15.3. The van der Waals surface area contributed by atoms with Gasteiger partial charge in [0, 0.05) is 24.5 Å². The summed E-state index contributed by atoms with van der Waals surface area (Å²) in [5.41, 5.74) is 2.33. The van der Waals surface area contributed by atoms with E-state index in [1.54, 1.807) is 36.5 Å². The Kier molecular flexibility index (Phi) is 5.85. The smallest absolute Gasteiger partial charge is 0.269 e. The monoisotopic (exact) mass is 434 g/mol. The fraction of sp³-hybridized carbons (Fsp3) is 0.136. The maximum absolute atomic E-state index is 13.2. The van der Waals surface area contributed by atoms with Crippen molar-refractivity contribution in [2.75, 3.05) is 12.0 Å². The molecule has 0 N–H and O–H groups in total. The van der Waals surface area contributed by atoms with Crippen LogP contribution in [0.4, 0.5) is 10.8 Å². The van der Waals surface area contributed by atoms with Crippen LogP contribution in [0.1, 0.15) is 11.1 Å². The van der Waals surface area contributed by atoms with Crippen LogP contribution in [0.15, 0.2) is 67.0 Å². The normalized spacial score (nSPS) is 10.7. The van der Waals surface area contributed by atoms with Crippen molar-refractivity contribution in [3.8, 4) is 5.75 Å². The van der Waals surface area contributed by atoms with E-state index in [1.807, 2.05) is 30.3 Å². The van der Waals surface area contributed by atoms with Crippen LogP contribution in [-0.2, 0) is 17.8 Å². The fourth-order valence-electron chi connectivity index (χ4n) is 3.08. The average Bonchev–Trinajstić information content (AvgIpc) is 3.21. The van der Waals surface area contributed by atoms with Crippen LogP contribution in [-0.4, -0.2) is 27.9 Å². The van der Waals surface area contributed by atoms with Gasteiger partial charge in [-0.25, -0.2) is 4.98 Å². The molecule has 4 aromatic rings. The van der Waals surface area contributed by atoms with Crippen molar-refractivity contribution in [1.29, 1.82) is 0 Å². The summed E-state index contributed by atoms with van der Waals surface area (Å²) >= 11 is 1.40. The number of carbonyl (C=O) groups excluding carboxylic acids is 1. The number of carbonyl (C=O) groups is 1. The van der Waals surface area contributed by atoms with E-state index >= 15 is 0 Å². The Morgan fingerprint density at radius 3 is 2.65 bits per heavy atom. The molecule has 0 radical (unpaired) electrons. The van der Waals surface area contributed by atoms with Crippen LogP contribution in [0, 0.1) is 10.1 Å². The Balaban J connectivity index is 1.65. The second-order valence-corrected chi connectivity index (χ2v) is 7.78. The molecule has 9 heteroatoms. The van der Waals surface area contributed by atoms with Gasteiger partial charge in [0.2, 0.25) is 5.91 Å². The Bertz CT molecular complexity index is 1230. The molecule has 0 fully saturated rings. The molecule has 8 nitrogen and oxygen atoms in total. The van der Waals surface area contributed by atoms with E-state index in [0.717, 1.165) is 21.5 Å². The molecule has 31 heavy (non-hydrogen) atoms. The van der Waals surface area contributed by atoms with Gasteiger partial charge >= 0.3 is 0 Å². The van der Waals surface area contributed by atoms with E-state index in [9.17, 15) is 14.9 Å². The highest BCUT2D eigenvalue weighted by Crippen LogP contribution is 2.32. The van der Waals surface area contributed by atoms with E-state index in [2.05, 4.69) is 9.97 Å². The minimum Gasteiger partial charge on any atom is -0.497 e. The number of nitrogens with zero attached hydrogens (tertiary/aromatic N) is 4. The van der Waals surface area contributed by atoms with Crippen LogP contribution in [0.5, 0.6) is 5.75 Å². The summed E-state index contributed by atoms with van der Waals surface area (Å²) < 4.78 is 6.19. The van der Waals surface area contributed by atoms with Crippen molar-refractivity contribution in [3.63, 3.8) is 0 Å². The number of aromatic nitrogens is 2. The number of methoxy groups -OCH3 is 1. The van der Waals surface area contributed by atoms with E-state index in [4.69, 9.17) is 4.74 Å². The molecule has 156 valence electrons. The maximum atomic E-state index is 13.2. The number of anilines is 1. The van der Waals surface area contributed by atoms with Gasteiger partial charge in [-0.05, 0) is 35.4 Å². The standard InChI is InChI=1S/C22H18N4O4S/c1-30-18-8-9-19-20(12-18)31-22(24-19)25(14-16-3-2-10-23-13-16)21(27)11-15-4-6-17(7-5-15)26(28)29/h2-10,12-13H,11,14H2,1H3. The highest BCUT2D eigenvalue weighted by molar-refractivity contribution is 7.22. The molecule has 0 unspecified atom stereocenters. The lowest BCUT2D eigenvalue weighted by atomic mass is 10.1. The van der Waals surface area contributed by atoms with E-state index in [-0.39, 0.29) is 18.0 Å². The van der Waals surface area contributed by atoms with Crippen LogP contribution in [0.3, 0.4) is 0 Å². The lowest BCUT2D eigenvalue weighted by Gasteiger charge is -2.20. The highest BCUT2D eigenvalue weighted by Gasteiger charge is 2.21. The number of hydrogen-bond acceptors (Lipinski definition) is 7. The van der Waals surface area contributed by atoms with E-state index in [0.29, 0.717) is 17.2 Å². The minimum atomic E-state index is -0.463. The number of thiazole rings is 1. The number of nitro benzene ring substituents is 1.